The van der Waals surface area contributed by atoms with Crippen LogP contribution in [0.1, 0.15) is 16.7 Å². The number of carbonyl (C=O) groups is 1. The number of ether oxygens (including phenoxy) is 1. The number of methoxy groups -OCH3 is 1. The Morgan fingerprint density at radius 3 is 2.68 bits per heavy atom. The molecule has 11 heteroatoms. The van der Waals surface area contributed by atoms with Crippen LogP contribution in [0, 0.1) is 6.92 Å². The lowest BCUT2D eigenvalue weighted by atomic mass is 10.2. The molecule has 0 saturated heterocycles. The molecule has 2 aromatic carbocycles. The molecule has 162 valence electrons. The van der Waals surface area contributed by atoms with Crippen molar-refractivity contribution in [2.45, 2.75) is 21.4 Å². The molecular formula is C20H19BrN4O3S3. The van der Waals surface area contributed by atoms with Gasteiger partial charge in [-0.1, -0.05) is 64.7 Å². The first kappa shape index (κ1) is 23.6. The summed E-state index contributed by atoms with van der Waals surface area (Å²) in [5, 5.41) is 22.1. The van der Waals surface area contributed by atoms with Crippen molar-refractivity contribution in [1.82, 2.24) is 15.6 Å². The molecule has 0 spiro atoms. The highest BCUT2D eigenvalue weighted by Crippen LogP contribution is 2.34. The molecule has 0 aliphatic heterocycles. The molecule has 0 atom stereocenters. The standard InChI is InChI=1S/C20H19BrN4O3S3/c1-12-3-5-13(6-4-12)10-29-19-24-25-20(31-19)30-11-17(26)23-22-9-14-7-15(21)18(27)16(8-14)28-2/h3-9,27H,10-11H2,1-2H3,(H,23,26)/b22-9+. The van der Waals surface area contributed by atoms with Crippen molar-refractivity contribution in [2.75, 3.05) is 12.9 Å². The van der Waals surface area contributed by atoms with Crippen LogP contribution in [0.4, 0.5) is 0 Å². The number of nitrogens with one attached hydrogen (secondary N) is 1. The number of thioether (sulfide) groups is 2. The average molecular weight is 540 g/mol. The first-order valence-electron chi connectivity index (χ1n) is 8.97. The number of hydrogen-bond donors (Lipinski definition) is 2. The van der Waals surface area contributed by atoms with E-state index in [4.69, 9.17) is 4.74 Å². The first-order valence-corrected chi connectivity index (χ1v) is 12.6. The van der Waals surface area contributed by atoms with Crippen LogP contribution in [0.2, 0.25) is 0 Å². The summed E-state index contributed by atoms with van der Waals surface area (Å²) in [4.78, 5) is 12.0. The van der Waals surface area contributed by atoms with Crippen LogP contribution >= 0.6 is 50.8 Å². The Morgan fingerprint density at radius 2 is 1.97 bits per heavy atom. The van der Waals surface area contributed by atoms with Gasteiger partial charge in [0.15, 0.2) is 20.2 Å². The van der Waals surface area contributed by atoms with Gasteiger partial charge in [-0.15, -0.1) is 10.2 Å². The highest BCUT2D eigenvalue weighted by atomic mass is 79.9. The van der Waals surface area contributed by atoms with Gasteiger partial charge in [0, 0.05) is 5.75 Å². The summed E-state index contributed by atoms with van der Waals surface area (Å²) < 4.78 is 7.16. The molecule has 31 heavy (non-hydrogen) atoms. The molecule has 0 saturated carbocycles. The van der Waals surface area contributed by atoms with Gasteiger partial charge < -0.3 is 9.84 Å². The van der Waals surface area contributed by atoms with Gasteiger partial charge in [-0.2, -0.15) is 5.10 Å². The minimum Gasteiger partial charge on any atom is -0.503 e. The maximum absolute atomic E-state index is 12.0. The summed E-state index contributed by atoms with van der Waals surface area (Å²) in [7, 11) is 1.46. The number of halogens is 1. The smallest absolute Gasteiger partial charge is 0.250 e. The van der Waals surface area contributed by atoms with Gasteiger partial charge in [0.05, 0.1) is 23.5 Å². The maximum atomic E-state index is 12.0. The third-order valence-corrected chi connectivity index (χ3v) is 7.74. The van der Waals surface area contributed by atoms with E-state index in [2.05, 4.69) is 67.8 Å². The van der Waals surface area contributed by atoms with Crippen molar-refractivity contribution < 1.29 is 14.6 Å². The van der Waals surface area contributed by atoms with Gasteiger partial charge in [-0.3, -0.25) is 4.79 Å². The molecule has 0 aliphatic carbocycles. The van der Waals surface area contributed by atoms with Crippen LogP contribution in [-0.2, 0) is 10.5 Å². The van der Waals surface area contributed by atoms with Crippen LogP contribution < -0.4 is 10.2 Å². The van der Waals surface area contributed by atoms with E-state index in [1.165, 1.54) is 47.5 Å². The molecule has 0 unspecified atom stereocenters. The van der Waals surface area contributed by atoms with Crippen molar-refractivity contribution in [1.29, 1.82) is 0 Å². The quantitative estimate of drug-likeness (QED) is 0.228. The Morgan fingerprint density at radius 1 is 1.26 bits per heavy atom. The maximum Gasteiger partial charge on any atom is 0.250 e. The van der Waals surface area contributed by atoms with Crippen molar-refractivity contribution in [2.24, 2.45) is 5.10 Å². The fourth-order valence-electron chi connectivity index (χ4n) is 2.31. The molecule has 3 rings (SSSR count). The normalized spacial score (nSPS) is 11.1. The second kappa shape index (κ2) is 11.5. The van der Waals surface area contributed by atoms with E-state index in [0.717, 1.165) is 14.4 Å². The summed E-state index contributed by atoms with van der Waals surface area (Å²) in [6, 6.07) is 11.7. The Balaban J connectivity index is 1.44. The fraction of sp³-hybridized carbons (Fsp3) is 0.200. The van der Waals surface area contributed by atoms with E-state index in [1.807, 2.05) is 0 Å². The first-order chi connectivity index (χ1) is 14.9. The Kier molecular flexibility index (Phi) is 8.76. The van der Waals surface area contributed by atoms with E-state index >= 15 is 0 Å². The van der Waals surface area contributed by atoms with E-state index in [-0.39, 0.29) is 17.4 Å². The van der Waals surface area contributed by atoms with Crippen LogP contribution in [0.3, 0.4) is 0 Å². The summed E-state index contributed by atoms with van der Waals surface area (Å²) >= 11 is 7.65. The number of phenolic OH excluding ortho intramolecular Hbond substituents is 1. The molecule has 7 nitrogen and oxygen atoms in total. The third-order valence-electron chi connectivity index (χ3n) is 3.87. The Labute approximate surface area is 200 Å². The van der Waals surface area contributed by atoms with Crippen LogP contribution in [-0.4, -0.2) is 40.3 Å². The highest BCUT2D eigenvalue weighted by Gasteiger charge is 2.10. The van der Waals surface area contributed by atoms with Gasteiger partial charge in [-0.05, 0) is 46.1 Å². The molecule has 0 fully saturated rings. The number of aromatic hydroxyl groups is 1. The number of nitrogens with zero attached hydrogens (tertiary/aromatic N) is 3. The Bertz CT molecular complexity index is 1070. The molecule has 0 bridgehead atoms. The number of aromatic nitrogens is 2. The zero-order valence-corrected chi connectivity index (χ0v) is 20.7. The number of carbonyl (C=O) groups excluding carboxylic acids is 1. The number of amides is 1. The lowest BCUT2D eigenvalue weighted by Gasteiger charge is -2.06. The minimum atomic E-state index is -0.255. The largest absolute Gasteiger partial charge is 0.503 e. The van der Waals surface area contributed by atoms with Gasteiger partial charge in [0.1, 0.15) is 0 Å². The van der Waals surface area contributed by atoms with Gasteiger partial charge >= 0.3 is 0 Å². The molecule has 3 aromatic rings. The molecule has 0 radical (unpaired) electrons. The van der Waals surface area contributed by atoms with E-state index < -0.39 is 0 Å². The molecule has 0 aliphatic rings. The number of benzene rings is 2. The number of hydrogen-bond acceptors (Lipinski definition) is 9. The third kappa shape index (κ3) is 7.23. The molecule has 1 heterocycles. The number of aryl methyl sites for hydroxylation is 1. The van der Waals surface area contributed by atoms with Crippen molar-refractivity contribution >= 4 is 62.9 Å². The summed E-state index contributed by atoms with van der Waals surface area (Å²) in [5.74, 6) is 1.07. The van der Waals surface area contributed by atoms with E-state index in [0.29, 0.717) is 15.8 Å². The van der Waals surface area contributed by atoms with Crippen molar-refractivity contribution in [3.63, 3.8) is 0 Å². The lowest BCUT2D eigenvalue weighted by Crippen LogP contribution is -2.19. The van der Waals surface area contributed by atoms with Crippen LogP contribution in [0.25, 0.3) is 0 Å². The van der Waals surface area contributed by atoms with E-state index in [9.17, 15) is 9.90 Å². The minimum absolute atomic E-state index is 0.00791. The average Bonchev–Trinajstić information content (AvgIpc) is 3.22. The molecule has 1 aromatic heterocycles. The lowest BCUT2D eigenvalue weighted by molar-refractivity contribution is -0.118. The molecule has 2 N–H and O–H groups in total. The summed E-state index contributed by atoms with van der Waals surface area (Å²) in [6.45, 7) is 2.07. The SMILES string of the molecule is COc1cc(/C=N/NC(=O)CSc2nnc(SCc3ccc(C)cc3)s2)cc(Br)c1O. The topological polar surface area (TPSA) is 96.7 Å². The van der Waals surface area contributed by atoms with Crippen LogP contribution in [0.15, 0.2) is 54.7 Å². The zero-order chi connectivity index (χ0) is 22.2. The second-order valence-electron chi connectivity index (χ2n) is 6.24. The van der Waals surface area contributed by atoms with Crippen LogP contribution in [0.5, 0.6) is 11.5 Å². The molecular weight excluding hydrogens is 520 g/mol. The molecule has 1 amide bonds. The number of rotatable bonds is 9. The van der Waals surface area contributed by atoms with Crippen molar-refractivity contribution in [3.05, 3.63) is 57.6 Å². The number of hydrazone groups is 1. The Hall–Kier alpha value is -2.08. The van der Waals surface area contributed by atoms with Gasteiger partial charge in [-0.25, -0.2) is 5.43 Å². The predicted octanol–water partition coefficient (Wildman–Crippen LogP) is 4.86. The fourth-order valence-corrected chi connectivity index (χ4v) is 5.53. The monoisotopic (exact) mass is 538 g/mol. The van der Waals surface area contributed by atoms with E-state index in [1.54, 1.807) is 23.9 Å². The highest BCUT2D eigenvalue weighted by molar-refractivity contribution is 9.10. The van der Waals surface area contributed by atoms with Gasteiger partial charge in [0.25, 0.3) is 5.91 Å². The second-order valence-corrected chi connectivity index (χ2v) is 10.5. The van der Waals surface area contributed by atoms with Gasteiger partial charge in [0.2, 0.25) is 0 Å². The zero-order valence-electron chi connectivity index (χ0n) is 16.7. The number of phenols is 1. The van der Waals surface area contributed by atoms with Crippen molar-refractivity contribution in [3.8, 4) is 11.5 Å². The summed E-state index contributed by atoms with van der Waals surface area (Å²) in [5.41, 5.74) is 5.60. The summed E-state index contributed by atoms with van der Waals surface area (Å²) in [6.07, 6.45) is 1.47. The predicted molar refractivity (Wildman–Crippen MR) is 129 cm³/mol.